The van der Waals surface area contributed by atoms with Gasteiger partial charge in [0, 0.05) is 13.0 Å². The minimum atomic E-state index is -1.25. The second kappa shape index (κ2) is 9.03. The molecule has 0 aromatic heterocycles. The molecule has 2 rings (SSSR count). The van der Waals surface area contributed by atoms with E-state index in [0.717, 1.165) is 10.6 Å². The van der Waals surface area contributed by atoms with Crippen LogP contribution >= 0.6 is 0 Å². The zero-order valence-electron chi connectivity index (χ0n) is 13.8. The summed E-state index contributed by atoms with van der Waals surface area (Å²) in [6.07, 6.45) is -0.166. The van der Waals surface area contributed by atoms with Crippen LogP contribution < -0.4 is 10.1 Å². The maximum absolute atomic E-state index is 12.0. The number of hydrogen-bond donors (Lipinski definition) is 3. The number of amides is 2. The Kier molecular flexibility index (Phi) is 6.76. The average Bonchev–Trinajstić information content (AvgIpc) is 2.99. The highest BCUT2D eigenvalue weighted by Crippen LogP contribution is 2.18. The Morgan fingerprint density at radius 1 is 1.24 bits per heavy atom. The van der Waals surface area contributed by atoms with Gasteiger partial charge >= 0.3 is 5.97 Å². The van der Waals surface area contributed by atoms with Gasteiger partial charge < -0.3 is 25.2 Å². The van der Waals surface area contributed by atoms with Gasteiger partial charge in [-0.3, -0.25) is 9.59 Å². The van der Waals surface area contributed by atoms with E-state index in [1.54, 1.807) is 0 Å². The first-order chi connectivity index (χ1) is 12.0. The second-order valence-electron chi connectivity index (χ2n) is 5.77. The number of carboxylic acids is 1. The van der Waals surface area contributed by atoms with Crippen LogP contribution in [0.3, 0.4) is 0 Å². The normalized spacial score (nSPS) is 19.5. The number of benzene rings is 1. The number of rotatable bonds is 8. The fraction of sp³-hybridized carbons (Fsp3) is 0.471. The maximum atomic E-state index is 12.0. The van der Waals surface area contributed by atoms with Crippen LogP contribution in [0.4, 0.5) is 0 Å². The van der Waals surface area contributed by atoms with Crippen molar-refractivity contribution in [2.45, 2.75) is 31.4 Å². The Morgan fingerprint density at radius 3 is 2.64 bits per heavy atom. The molecule has 25 heavy (non-hydrogen) atoms. The molecule has 1 aliphatic rings. The number of carbonyl (C=O) groups excluding carboxylic acids is 2. The summed E-state index contributed by atoms with van der Waals surface area (Å²) in [7, 11) is 0. The molecule has 1 fully saturated rings. The zero-order valence-corrected chi connectivity index (χ0v) is 13.8. The summed E-state index contributed by atoms with van der Waals surface area (Å²) >= 11 is 0. The van der Waals surface area contributed by atoms with E-state index in [-0.39, 0.29) is 31.8 Å². The molecule has 1 heterocycles. The van der Waals surface area contributed by atoms with Crippen LogP contribution in [0.1, 0.15) is 19.3 Å². The molecule has 8 nitrogen and oxygen atoms in total. The molecule has 2 amide bonds. The van der Waals surface area contributed by atoms with Crippen molar-refractivity contribution in [1.82, 2.24) is 10.2 Å². The molecule has 0 radical (unpaired) electrons. The molecule has 1 aromatic rings. The number of carboxylic acid groups (broad SMARTS) is 1. The molecule has 0 aliphatic carbocycles. The van der Waals surface area contributed by atoms with Crippen LogP contribution in [-0.2, 0) is 14.4 Å². The van der Waals surface area contributed by atoms with Gasteiger partial charge in [0.2, 0.25) is 11.8 Å². The molecule has 0 spiro atoms. The summed E-state index contributed by atoms with van der Waals surface area (Å²) in [5, 5.41) is 21.2. The number of aliphatic carboxylic acids is 1. The van der Waals surface area contributed by atoms with Crippen LogP contribution in [-0.4, -0.2) is 64.7 Å². The molecule has 1 saturated heterocycles. The van der Waals surface area contributed by atoms with Gasteiger partial charge in [0.1, 0.15) is 5.75 Å². The van der Waals surface area contributed by atoms with Crippen molar-refractivity contribution in [2.75, 3.05) is 19.7 Å². The number of nitrogens with zero attached hydrogens (tertiary/aromatic N) is 1. The largest absolute Gasteiger partial charge is 0.494 e. The van der Waals surface area contributed by atoms with E-state index in [1.807, 2.05) is 30.3 Å². The number of aliphatic hydroxyl groups is 1. The Labute approximate surface area is 145 Å². The highest BCUT2D eigenvalue weighted by atomic mass is 16.5. The third-order valence-corrected chi connectivity index (χ3v) is 3.94. The molecule has 1 aromatic carbocycles. The van der Waals surface area contributed by atoms with Gasteiger partial charge in [-0.2, -0.15) is 0 Å². The molecule has 2 unspecified atom stereocenters. The maximum Gasteiger partial charge on any atom is 0.329 e. The Morgan fingerprint density at radius 2 is 1.96 bits per heavy atom. The summed E-state index contributed by atoms with van der Waals surface area (Å²) in [4.78, 5) is 36.0. The van der Waals surface area contributed by atoms with Crippen molar-refractivity contribution >= 4 is 17.8 Å². The fourth-order valence-corrected chi connectivity index (χ4v) is 2.66. The number of hydrogen-bond acceptors (Lipinski definition) is 5. The number of para-hydroxylation sites is 1. The van der Waals surface area contributed by atoms with Crippen molar-refractivity contribution in [2.24, 2.45) is 0 Å². The molecule has 136 valence electrons. The zero-order chi connectivity index (χ0) is 18.2. The minimum Gasteiger partial charge on any atom is -0.494 e. The molecule has 3 N–H and O–H groups in total. The fourth-order valence-electron chi connectivity index (χ4n) is 2.66. The second-order valence-corrected chi connectivity index (χ2v) is 5.77. The van der Waals surface area contributed by atoms with Crippen molar-refractivity contribution in [3.63, 3.8) is 0 Å². The molecule has 1 aliphatic heterocycles. The highest BCUT2D eigenvalue weighted by molar-refractivity contribution is 5.88. The first-order valence-corrected chi connectivity index (χ1v) is 8.14. The number of ether oxygens (including phenoxy) is 1. The van der Waals surface area contributed by atoms with E-state index in [9.17, 15) is 19.5 Å². The van der Waals surface area contributed by atoms with Crippen LogP contribution in [0, 0.1) is 0 Å². The van der Waals surface area contributed by atoms with Gasteiger partial charge in [-0.15, -0.1) is 0 Å². The number of carbonyl (C=O) groups is 3. The van der Waals surface area contributed by atoms with Gasteiger partial charge in [-0.25, -0.2) is 4.79 Å². The highest BCUT2D eigenvalue weighted by Gasteiger charge is 2.40. The molecule has 0 bridgehead atoms. The predicted octanol–water partition coefficient (Wildman–Crippen LogP) is 0.00820. The van der Waals surface area contributed by atoms with Crippen molar-refractivity contribution in [1.29, 1.82) is 0 Å². The lowest BCUT2D eigenvalue weighted by molar-refractivity contribution is -0.150. The summed E-state index contributed by atoms with van der Waals surface area (Å²) in [5.41, 5.74) is 0. The monoisotopic (exact) mass is 350 g/mol. The lowest BCUT2D eigenvalue weighted by atomic mass is 10.2. The van der Waals surface area contributed by atoms with Crippen LogP contribution in [0.15, 0.2) is 30.3 Å². The summed E-state index contributed by atoms with van der Waals surface area (Å²) in [5.74, 6) is -1.34. The molecule has 0 saturated carbocycles. The van der Waals surface area contributed by atoms with Crippen molar-refractivity contribution < 1.29 is 29.3 Å². The molecule has 8 heteroatoms. The standard InChI is InChI=1S/C17H22N2O6/c20-13-8-9-19(16(13)17(23)24)15(22)11-18-14(21)7-4-10-25-12-5-2-1-3-6-12/h1-3,5-6,13,16,20H,4,7-11H2,(H,18,21)(H,23,24). The van der Waals surface area contributed by atoms with Gasteiger partial charge in [0.25, 0.3) is 0 Å². The average molecular weight is 350 g/mol. The summed E-state index contributed by atoms with van der Waals surface area (Å²) in [6.45, 7) is 0.261. The number of nitrogens with one attached hydrogen (secondary N) is 1. The Bertz CT molecular complexity index is 606. The summed E-state index contributed by atoms with van der Waals surface area (Å²) in [6, 6.07) is 7.99. The Hall–Kier alpha value is -2.61. The van der Waals surface area contributed by atoms with E-state index < -0.39 is 24.0 Å². The van der Waals surface area contributed by atoms with Crippen molar-refractivity contribution in [3.8, 4) is 5.75 Å². The smallest absolute Gasteiger partial charge is 0.329 e. The topological polar surface area (TPSA) is 116 Å². The lowest BCUT2D eigenvalue weighted by Gasteiger charge is -2.22. The van der Waals surface area contributed by atoms with E-state index in [0.29, 0.717) is 13.0 Å². The first kappa shape index (κ1) is 18.7. The van der Waals surface area contributed by atoms with Crippen LogP contribution in [0.25, 0.3) is 0 Å². The first-order valence-electron chi connectivity index (χ1n) is 8.14. The van der Waals surface area contributed by atoms with Gasteiger partial charge in [-0.05, 0) is 25.0 Å². The molecular formula is C17H22N2O6. The van der Waals surface area contributed by atoms with E-state index in [4.69, 9.17) is 9.84 Å². The molecule has 2 atom stereocenters. The third kappa shape index (κ3) is 5.46. The van der Waals surface area contributed by atoms with Crippen molar-refractivity contribution in [3.05, 3.63) is 30.3 Å². The van der Waals surface area contributed by atoms with Crippen LogP contribution in [0.2, 0.25) is 0 Å². The van der Waals surface area contributed by atoms with E-state index in [2.05, 4.69) is 5.32 Å². The summed E-state index contributed by atoms with van der Waals surface area (Å²) < 4.78 is 5.47. The van der Waals surface area contributed by atoms with Gasteiger partial charge in [-0.1, -0.05) is 18.2 Å². The van der Waals surface area contributed by atoms with Crippen LogP contribution in [0.5, 0.6) is 5.75 Å². The quantitative estimate of drug-likeness (QED) is 0.569. The SMILES string of the molecule is O=C(CCCOc1ccccc1)NCC(=O)N1CCC(O)C1C(=O)O. The third-order valence-electron chi connectivity index (χ3n) is 3.94. The number of aliphatic hydroxyl groups excluding tert-OH is 1. The van der Waals surface area contributed by atoms with Gasteiger partial charge in [0.15, 0.2) is 6.04 Å². The van der Waals surface area contributed by atoms with Gasteiger partial charge in [0.05, 0.1) is 19.3 Å². The predicted molar refractivity (Wildman–Crippen MR) is 87.9 cm³/mol. The number of likely N-dealkylation sites (tertiary alicyclic amines) is 1. The molecular weight excluding hydrogens is 328 g/mol. The minimum absolute atomic E-state index is 0.164. The van der Waals surface area contributed by atoms with E-state index in [1.165, 1.54) is 0 Å². The Balaban J connectivity index is 1.66. The lowest BCUT2D eigenvalue weighted by Crippen LogP contribution is -2.48. The van der Waals surface area contributed by atoms with E-state index >= 15 is 0 Å².